The van der Waals surface area contributed by atoms with Gasteiger partial charge in [0.1, 0.15) is 18.1 Å². The second-order valence-electron chi connectivity index (χ2n) is 4.77. The molecule has 0 atom stereocenters. The number of nitrogens with one attached hydrogen (secondary N) is 1. The summed E-state index contributed by atoms with van der Waals surface area (Å²) in [7, 11) is 0. The standard InChI is InChI=1S/C13H20N2O3/c1-10(2)14-7-11-3-4-12(18-11)8-15-5-6-17-9-13(15)16/h3-4,10,14H,5-9H2,1-2H3. The second kappa shape index (κ2) is 6.02. The average molecular weight is 252 g/mol. The van der Waals surface area contributed by atoms with Gasteiger partial charge in [0.25, 0.3) is 0 Å². The number of ether oxygens (including phenoxy) is 1. The van der Waals surface area contributed by atoms with E-state index >= 15 is 0 Å². The van der Waals surface area contributed by atoms with Crippen molar-refractivity contribution >= 4 is 5.91 Å². The number of hydrogen-bond donors (Lipinski definition) is 1. The first kappa shape index (κ1) is 13.1. The van der Waals surface area contributed by atoms with Crippen LogP contribution in [0.25, 0.3) is 0 Å². The molecule has 2 heterocycles. The molecule has 100 valence electrons. The molecule has 0 bridgehead atoms. The van der Waals surface area contributed by atoms with Crippen LogP contribution in [0.2, 0.25) is 0 Å². The molecule has 0 spiro atoms. The van der Waals surface area contributed by atoms with E-state index in [4.69, 9.17) is 9.15 Å². The molecule has 5 heteroatoms. The van der Waals surface area contributed by atoms with Gasteiger partial charge < -0.3 is 19.4 Å². The summed E-state index contributed by atoms with van der Waals surface area (Å²) in [6, 6.07) is 4.31. The van der Waals surface area contributed by atoms with Crippen LogP contribution in [0.5, 0.6) is 0 Å². The summed E-state index contributed by atoms with van der Waals surface area (Å²) in [5, 5.41) is 3.29. The largest absolute Gasteiger partial charge is 0.463 e. The fourth-order valence-electron chi connectivity index (χ4n) is 1.81. The number of furan rings is 1. The van der Waals surface area contributed by atoms with Crippen LogP contribution in [-0.2, 0) is 22.6 Å². The third-order valence-electron chi connectivity index (χ3n) is 2.83. The van der Waals surface area contributed by atoms with Crippen LogP contribution in [0.4, 0.5) is 0 Å². The third kappa shape index (κ3) is 3.58. The molecule has 0 aliphatic carbocycles. The lowest BCUT2D eigenvalue weighted by molar-refractivity contribution is -0.143. The van der Waals surface area contributed by atoms with Crippen molar-refractivity contribution in [3.05, 3.63) is 23.7 Å². The molecule has 0 unspecified atom stereocenters. The number of hydrogen-bond acceptors (Lipinski definition) is 4. The first-order valence-corrected chi connectivity index (χ1v) is 6.31. The number of nitrogens with zero attached hydrogens (tertiary/aromatic N) is 1. The molecule has 1 aliphatic rings. The molecule has 18 heavy (non-hydrogen) atoms. The molecule has 5 nitrogen and oxygen atoms in total. The number of carbonyl (C=O) groups excluding carboxylic acids is 1. The number of amides is 1. The van der Waals surface area contributed by atoms with Crippen molar-refractivity contribution in [2.24, 2.45) is 0 Å². The summed E-state index contributed by atoms with van der Waals surface area (Å²) in [4.78, 5) is 13.3. The van der Waals surface area contributed by atoms with Gasteiger partial charge in [-0.25, -0.2) is 0 Å². The molecule has 1 aliphatic heterocycles. The van der Waals surface area contributed by atoms with Gasteiger partial charge in [-0.2, -0.15) is 0 Å². The van der Waals surface area contributed by atoms with E-state index < -0.39 is 0 Å². The molecular weight excluding hydrogens is 232 g/mol. The van der Waals surface area contributed by atoms with Crippen molar-refractivity contribution < 1.29 is 13.9 Å². The van der Waals surface area contributed by atoms with Gasteiger partial charge in [-0.05, 0) is 12.1 Å². The van der Waals surface area contributed by atoms with Gasteiger partial charge in [0.05, 0.1) is 19.7 Å². The van der Waals surface area contributed by atoms with Crippen molar-refractivity contribution in [1.29, 1.82) is 0 Å². The zero-order valence-corrected chi connectivity index (χ0v) is 10.9. The Balaban J connectivity index is 1.87. The molecule has 1 saturated heterocycles. The minimum absolute atomic E-state index is 0.0273. The molecule has 1 amide bonds. The molecule has 1 N–H and O–H groups in total. The van der Waals surface area contributed by atoms with Crippen LogP contribution in [-0.4, -0.2) is 36.6 Å². The minimum Gasteiger partial charge on any atom is -0.463 e. The smallest absolute Gasteiger partial charge is 0.249 e. The number of carbonyl (C=O) groups is 1. The molecule has 0 radical (unpaired) electrons. The van der Waals surface area contributed by atoms with Crippen molar-refractivity contribution in [2.45, 2.75) is 33.0 Å². The van der Waals surface area contributed by atoms with Gasteiger partial charge in [-0.3, -0.25) is 4.79 Å². The quantitative estimate of drug-likeness (QED) is 0.853. The van der Waals surface area contributed by atoms with Crippen LogP contribution in [0, 0.1) is 0 Å². The highest BCUT2D eigenvalue weighted by Crippen LogP contribution is 2.12. The maximum Gasteiger partial charge on any atom is 0.249 e. The van der Waals surface area contributed by atoms with Gasteiger partial charge in [-0.1, -0.05) is 13.8 Å². The van der Waals surface area contributed by atoms with Crippen LogP contribution < -0.4 is 5.32 Å². The maximum absolute atomic E-state index is 11.6. The van der Waals surface area contributed by atoms with Crippen molar-refractivity contribution in [2.75, 3.05) is 19.8 Å². The molecule has 2 rings (SSSR count). The number of rotatable bonds is 5. The van der Waals surface area contributed by atoms with Gasteiger partial charge in [0, 0.05) is 12.6 Å². The van der Waals surface area contributed by atoms with Crippen LogP contribution in [0.1, 0.15) is 25.4 Å². The Labute approximate surface area is 107 Å². The molecule has 0 aromatic carbocycles. The predicted molar refractivity (Wildman–Crippen MR) is 66.9 cm³/mol. The molecular formula is C13H20N2O3. The Bertz CT molecular complexity index is 401. The van der Waals surface area contributed by atoms with E-state index in [1.54, 1.807) is 4.90 Å². The lowest BCUT2D eigenvalue weighted by atomic mass is 10.3. The highest BCUT2D eigenvalue weighted by Gasteiger charge is 2.19. The highest BCUT2D eigenvalue weighted by molar-refractivity contribution is 5.77. The Kier molecular flexibility index (Phi) is 4.38. The summed E-state index contributed by atoms with van der Waals surface area (Å²) >= 11 is 0. The van der Waals surface area contributed by atoms with Gasteiger partial charge >= 0.3 is 0 Å². The van der Waals surface area contributed by atoms with Crippen molar-refractivity contribution in [3.8, 4) is 0 Å². The fraction of sp³-hybridized carbons (Fsp3) is 0.615. The summed E-state index contributed by atoms with van der Waals surface area (Å²) in [6.07, 6.45) is 0. The fourth-order valence-corrected chi connectivity index (χ4v) is 1.81. The summed E-state index contributed by atoms with van der Waals surface area (Å²) in [6.45, 7) is 6.86. The van der Waals surface area contributed by atoms with E-state index in [0.717, 1.165) is 11.5 Å². The zero-order valence-electron chi connectivity index (χ0n) is 10.9. The van der Waals surface area contributed by atoms with E-state index in [2.05, 4.69) is 19.2 Å². The van der Waals surface area contributed by atoms with Crippen molar-refractivity contribution in [1.82, 2.24) is 10.2 Å². The molecule has 1 aromatic heterocycles. The first-order valence-electron chi connectivity index (χ1n) is 6.31. The molecule has 1 fully saturated rings. The predicted octanol–water partition coefficient (Wildman–Crippen LogP) is 1.14. The van der Waals surface area contributed by atoms with Crippen LogP contribution >= 0.6 is 0 Å². The highest BCUT2D eigenvalue weighted by atomic mass is 16.5. The van der Waals surface area contributed by atoms with E-state index in [9.17, 15) is 4.79 Å². The SMILES string of the molecule is CC(C)NCc1ccc(CN2CCOCC2=O)o1. The molecule has 0 saturated carbocycles. The van der Waals surface area contributed by atoms with E-state index in [1.807, 2.05) is 12.1 Å². The van der Waals surface area contributed by atoms with Crippen molar-refractivity contribution in [3.63, 3.8) is 0 Å². The third-order valence-corrected chi connectivity index (χ3v) is 2.83. The lowest BCUT2D eigenvalue weighted by Crippen LogP contribution is -2.40. The van der Waals surface area contributed by atoms with E-state index in [1.165, 1.54) is 0 Å². The summed E-state index contributed by atoms with van der Waals surface area (Å²) < 4.78 is 10.8. The monoisotopic (exact) mass is 252 g/mol. The average Bonchev–Trinajstić information content (AvgIpc) is 2.77. The summed E-state index contributed by atoms with van der Waals surface area (Å²) in [5.74, 6) is 1.75. The Hall–Kier alpha value is -1.33. The van der Waals surface area contributed by atoms with E-state index in [0.29, 0.717) is 32.3 Å². The Morgan fingerprint density at radius 1 is 1.39 bits per heavy atom. The number of morpholine rings is 1. The molecule has 1 aromatic rings. The Morgan fingerprint density at radius 2 is 2.17 bits per heavy atom. The maximum atomic E-state index is 11.6. The summed E-state index contributed by atoms with van der Waals surface area (Å²) in [5.41, 5.74) is 0. The van der Waals surface area contributed by atoms with Gasteiger partial charge in [0.2, 0.25) is 5.91 Å². The van der Waals surface area contributed by atoms with Crippen LogP contribution in [0.15, 0.2) is 16.5 Å². The minimum atomic E-state index is 0.0273. The van der Waals surface area contributed by atoms with Gasteiger partial charge in [0.15, 0.2) is 0 Å². The zero-order chi connectivity index (χ0) is 13.0. The lowest BCUT2D eigenvalue weighted by Gasteiger charge is -2.25. The second-order valence-corrected chi connectivity index (χ2v) is 4.77. The topological polar surface area (TPSA) is 54.7 Å². The normalized spacial score (nSPS) is 16.6. The van der Waals surface area contributed by atoms with Gasteiger partial charge in [-0.15, -0.1) is 0 Å². The first-order chi connectivity index (χ1) is 8.65. The Morgan fingerprint density at radius 3 is 2.89 bits per heavy atom. The van der Waals surface area contributed by atoms with Crippen LogP contribution in [0.3, 0.4) is 0 Å². The van der Waals surface area contributed by atoms with E-state index in [-0.39, 0.29) is 12.5 Å².